The summed E-state index contributed by atoms with van der Waals surface area (Å²) in [6.07, 6.45) is 0. The first kappa shape index (κ1) is 11.8. The molecule has 4 heteroatoms. The maximum atomic E-state index is 13.9. The van der Waals surface area contributed by atoms with Crippen LogP contribution in [-0.4, -0.2) is 7.05 Å². The second kappa shape index (κ2) is 5.08. The van der Waals surface area contributed by atoms with Crippen molar-refractivity contribution in [2.45, 2.75) is 6.04 Å². The van der Waals surface area contributed by atoms with Gasteiger partial charge in [-0.15, -0.1) is 0 Å². The van der Waals surface area contributed by atoms with E-state index in [0.717, 1.165) is 5.56 Å². The molecule has 84 valence electrons. The largest absolute Gasteiger partial charge is 0.309 e. The molecule has 0 saturated heterocycles. The molecule has 2 rings (SSSR count). The normalized spacial score (nSPS) is 12.7. The Balaban J connectivity index is 2.45. The van der Waals surface area contributed by atoms with E-state index in [0.29, 0.717) is 10.0 Å². The van der Waals surface area contributed by atoms with Crippen molar-refractivity contribution in [2.75, 3.05) is 7.05 Å². The van der Waals surface area contributed by atoms with E-state index in [9.17, 15) is 4.39 Å². The molecule has 0 aliphatic rings. The van der Waals surface area contributed by atoms with E-state index >= 15 is 0 Å². The molecular formula is C12H11BrFNS. The molecule has 0 aliphatic carbocycles. The van der Waals surface area contributed by atoms with Crippen LogP contribution < -0.4 is 5.32 Å². The molecule has 0 saturated carbocycles. The molecule has 0 spiro atoms. The predicted octanol–water partition coefficient (Wildman–Crippen LogP) is 3.96. The van der Waals surface area contributed by atoms with Crippen molar-refractivity contribution in [1.29, 1.82) is 0 Å². The second-order valence-electron chi connectivity index (χ2n) is 3.42. The van der Waals surface area contributed by atoms with Gasteiger partial charge in [0.05, 0.1) is 10.5 Å². The number of hydrogen-bond donors (Lipinski definition) is 1. The molecule has 1 N–H and O–H groups in total. The Hall–Kier alpha value is -0.710. The number of thiophene rings is 1. The Morgan fingerprint density at radius 1 is 1.38 bits per heavy atom. The fourth-order valence-corrected chi connectivity index (χ4v) is 2.75. The third-order valence-corrected chi connectivity index (χ3v) is 3.77. The molecule has 16 heavy (non-hydrogen) atoms. The molecule has 0 fully saturated rings. The van der Waals surface area contributed by atoms with Gasteiger partial charge in [-0.2, -0.15) is 11.3 Å². The Labute approximate surface area is 106 Å². The molecule has 1 atom stereocenters. The summed E-state index contributed by atoms with van der Waals surface area (Å²) >= 11 is 4.82. The lowest BCUT2D eigenvalue weighted by atomic mass is 10.0. The van der Waals surface area contributed by atoms with Crippen LogP contribution in [0.25, 0.3) is 0 Å². The SMILES string of the molecule is CNC(c1ccsc1)c1cccc(Br)c1F. The molecule has 1 unspecified atom stereocenters. The van der Waals surface area contributed by atoms with Crippen LogP contribution in [0.15, 0.2) is 39.5 Å². The molecule has 0 aliphatic heterocycles. The number of nitrogens with one attached hydrogen (secondary N) is 1. The summed E-state index contributed by atoms with van der Waals surface area (Å²) in [5.74, 6) is -0.201. The maximum Gasteiger partial charge on any atom is 0.142 e. The van der Waals surface area contributed by atoms with Gasteiger partial charge in [0.1, 0.15) is 5.82 Å². The van der Waals surface area contributed by atoms with Crippen molar-refractivity contribution in [2.24, 2.45) is 0 Å². The topological polar surface area (TPSA) is 12.0 Å². The lowest BCUT2D eigenvalue weighted by molar-refractivity contribution is 0.571. The van der Waals surface area contributed by atoms with Gasteiger partial charge in [0, 0.05) is 5.56 Å². The zero-order valence-electron chi connectivity index (χ0n) is 8.71. The average Bonchev–Trinajstić information content (AvgIpc) is 2.79. The minimum atomic E-state index is -0.201. The van der Waals surface area contributed by atoms with E-state index in [2.05, 4.69) is 21.2 Å². The summed E-state index contributed by atoms with van der Waals surface area (Å²) < 4.78 is 14.4. The fourth-order valence-electron chi connectivity index (χ4n) is 1.68. The average molecular weight is 300 g/mol. The van der Waals surface area contributed by atoms with E-state index in [1.54, 1.807) is 23.5 Å². The maximum absolute atomic E-state index is 13.9. The van der Waals surface area contributed by atoms with Crippen molar-refractivity contribution in [1.82, 2.24) is 5.32 Å². The summed E-state index contributed by atoms with van der Waals surface area (Å²) in [7, 11) is 1.84. The van der Waals surface area contributed by atoms with Crippen molar-refractivity contribution >= 4 is 27.3 Å². The van der Waals surface area contributed by atoms with E-state index in [1.807, 2.05) is 29.9 Å². The lowest BCUT2D eigenvalue weighted by Gasteiger charge is -2.16. The number of benzene rings is 1. The Morgan fingerprint density at radius 2 is 2.19 bits per heavy atom. The molecule has 0 bridgehead atoms. The molecule has 1 aromatic heterocycles. The zero-order chi connectivity index (χ0) is 11.5. The van der Waals surface area contributed by atoms with E-state index in [4.69, 9.17) is 0 Å². The lowest BCUT2D eigenvalue weighted by Crippen LogP contribution is -2.18. The molecule has 0 amide bonds. The van der Waals surface area contributed by atoms with E-state index in [1.165, 1.54) is 0 Å². The minimum absolute atomic E-state index is 0.0938. The van der Waals surface area contributed by atoms with Gasteiger partial charge in [0.15, 0.2) is 0 Å². The Bertz CT molecular complexity index is 470. The van der Waals surface area contributed by atoms with Crippen LogP contribution in [0.1, 0.15) is 17.2 Å². The van der Waals surface area contributed by atoms with Gasteiger partial charge < -0.3 is 5.32 Å². The number of hydrogen-bond acceptors (Lipinski definition) is 2. The number of halogens is 2. The Kier molecular flexibility index (Phi) is 3.74. The Morgan fingerprint density at radius 3 is 2.81 bits per heavy atom. The minimum Gasteiger partial charge on any atom is -0.309 e. The van der Waals surface area contributed by atoms with Gasteiger partial charge in [-0.3, -0.25) is 0 Å². The van der Waals surface area contributed by atoms with Gasteiger partial charge >= 0.3 is 0 Å². The van der Waals surface area contributed by atoms with Crippen LogP contribution in [0.3, 0.4) is 0 Å². The van der Waals surface area contributed by atoms with Gasteiger partial charge in [0.25, 0.3) is 0 Å². The highest BCUT2D eigenvalue weighted by atomic mass is 79.9. The standard InChI is InChI=1S/C12H11BrFNS/c1-15-12(8-5-6-16-7-8)9-3-2-4-10(13)11(9)14/h2-7,12,15H,1H3. The van der Waals surface area contributed by atoms with E-state index in [-0.39, 0.29) is 11.9 Å². The van der Waals surface area contributed by atoms with Gasteiger partial charge in [0.2, 0.25) is 0 Å². The molecular weight excluding hydrogens is 289 g/mol. The highest BCUT2D eigenvalue weighted by Gasteiger charge is 2.17. The highest BCUT2D eigenvalue weighted by Crippen LogP contribution is 2.29. The molecule has 1 aromatic carbocycles. The number of rotatable bonds is 3. The predicted molar refractivity (Wildman–Crippen MR) is 69.3 cm³/mol. The third-order valence-electron chi connectivity index (χ3n) is 2.46. The van der Waals surface area contributed by atoms with Crippen LogP contribution in [-0.2, 0) is 0 Å². The van der Waals surface area contributed by atoms with Crippen molar-refractivity contribution < 1.29 is 4.39 Å². The first-order chi connectivity index (χ1) is 7.74. The van der Waals surface area contributed by atoms with Crippen molar-refractivity contribution in [3.63, 3.8) is 0 Å². The van der Waals surface area contributed by atoms with Crippen LogP contribution >= 0.6 is 27.3 Å². The smallest absolute Gasteiger partial charge is 0.142 e. The monoisotopic (exact) mass is 299 g/mol. The first-order valence-corrected chi connectivity index (χ1v) is 6.61. The zero-order valence-corrected chi connectivity index (χ0v) is 11.1. The van der Waals surface area contributed by atoms with Crippen LogP contribution in [0.4, 0.5) is 4.39 Å². The molecule has 2 aromatic rings. The van der Waals surface area contributed by atoms with Gasteiger partial charge in [-0.1, -0.05) is 12.1 Å². The van der Waals surface area contributed by atoms with Gasteiger partial charge in [-0.05, 0) is 51.4 Å². The highest BCUT2D eigenvalue weighted by molar-refractivity contribution is 9.10. The summed E-state index contributed by atoms with van der Waals surface area (Å²) in [5.41, 5.74) is 1.75. The van der Waals surface area contributed by atoms with E-state index < -0.39 is 0 Å². The third kappa shape index (κ3) is 2.19. The van der Waals surface area contributed by atoms with Crippen molar-refractivity contribution in [3.8, 4) is 0 Å². The summed E-state index contributed by atoms with van der Waals surface area (Å²) in [6.45, 7) is 0. The molecule has 1 nitrogen and oxygen atoms in total. The quantitative estimate of drug-likeness (QED) is 0.905. The van der Waals surface area contributed by atoms with Crippen LogP contribution in [0, 0.1) is 5.82 Å². The van der Waals surface area contributed by atoms with Crippen molar-refractivity contribution in [3.05, 3.63) is 56.4 Å². The summed E-state index contributed by atoms with van der Waals surface area (Å²) in [5, 5.41) is 7.16. The van der Waals surface area contributed by atoms with Crippen LogP contribution in [0.2, 0.25) is 0 Å². The first-order valence-electron chi connectivity index (χ1n) is 4.87. The van der Waals surface area contributed by atoms with Crippen LogP contribution in [0.5, 0.6) is 0 Å². The molecule has 1 heterocycles. The summed E-state index contributed by atoms with van der Waals surface area (Å²) in [4.78, 5) is 0. The molecule has 0 radical (unpaired) electrons. The fraction of sp³-hybridized carbons (Fsp3) is 0.167. The second-order valence-corrected chi connectivity index (χ2v) is 5.06. The summed E-state index contributed by atoms with van der Waals surface area (Å²) in [6, 6.07) is 7.27. The van der Waals surface area contributed by atoms with Gasteiger partial charge in [-0.25, -0.2) is 4.39 Å².